The molecule has 2 aromatic rings. The molecule has 1 atom stereocenters. The van der Waals surface area contributed by atoms with Gasteiger partial charge in [0.1, 0.15) is 11.9 Å². The van der Waals surface area contributed by atoms with Crippen LogP contribution in [-0.4, -0.2) is 35.8 Å². The Morgan fingerprint density at radius 3 is 2.27 bits per heavy atom. The molecule has 0 radical (unpaired) electrons. The Morgan fingerprint density at radius 1 is 0.962 bits per heavy atom. The SMILES string of the molecule is O=C(Cc1ccc(F)cc1)N[C@@H](Cc1ccccc1)C(=O)N1CCCC1. The lowest BCUT2D eigenvalue weighted by Crippen LogP contribution is -2.49. The van der Waals surface area contributed by atoms with Gasteiger partial charge in [-0.2, -0.15) is 0 Å². The number of rotatable bonds is 6. The summed E-state index contributed by atoms with van der Waals surface area (Å²) in [5.41, 5.74) is 1.73. The number of benzene rings is 2. The summed E-state index contributed by atoms with van der Waals surface area (Å²) in [6.07, 6.45) is 2.60. The summed E-state index contributed by atoms with van der Waals surface area (Å²) in [5, 5.41) is 2.88. The molecular formula is C21H23FN2O2. The summed E-state index contributed by atoms with van der Waals surface area (Å²) < 4.78 is 13.0. The lowest BCUT2D eigenvalue weighted by molar-refractivity contribution is -0.135. The molecule has 0 saturated carbocycles. The van der Waals surface area contributed by atoms with Crippen molar-refractivity contribution in [3.63, 3.8) is 0 Å². The highest BCUT2D eigenvalue weighted by Crippen LogP contribution is 2.13. The van der Waals surface area contributed by atoms with Gasteiger partial charge in [-0.3, -0.25) is 9.59 Å². The fourth-order valence-electron chi connectivity index (χ4n) is 3.24. The predicted octanol–water partition coefficient (Wildman–Crippen LogP) is 2.72. The third-order valence-electron chi connectivity index (χ3n) is 4.61. The molecule has 5 heteroatoms. The maximum atomic E-state index is 13.0. The minimum absolute atomic E-state index is 0.0289. The topological polar surface area (TPSA) is 49.4 Å². The number of carbonyl (C=O) groups is 2. The second-order valence-electron chi connectivity index (χ2n) is 6.65. The van der Waals surface area contributed by atoms with Gasteiger partial charge < -0.3 is 10.2 Å². The lowest BCUT2D eigenvalue weighted by Gasteiger charge is -2.24. The van der Waals surface area contributed by atoms with Gasteiger partial charge in [0.2, 0.25) is 11.8 Å². The van der Waals surface area contributed by atoms with Crippen molar-refractivity contribution in [3.8, 4) is 0 Å². The van der Waals surface area contributed by atoms with Gasteiger partial charge in [0.15, 0.2) is 0 Å². The number of nitrogens with one attached hydrogen (secondary N) is 1. The van der Waals surface area contributed by atoms with Gasteiger partial charge in [-0.25, -0.2) is 4.39 Å². The van der Waals surface area contributed by atoms with Crippen LogP contribution in [0.15, 0.2) is 54.6 Å². The van der Waals surface area contributed by atoms with E-state index in [1.165, 1.54) is 12.1 Å². The van der Waals surface area contributed by atoms with Crippen LogP contribution >= 0.6 is 0 Å². The minimum atomic E-state index is -0.580. The van der Waals surface area contributed by atoms with Crippen LogP contribution in [0, 0.1) is 5.82 Å². The summed E-state index contributed by atoms with van der Waals surface area (Å²) in [4.78, 5) is 27.1. The largest absolute Gasteiger partial charge is 0.344 e. The highest BCUT2D eigenvalue weighted by atomic mass is 19.1. The van der Waals surface area contributed by atoms with E-state index in [9.17, 15) is 14.0 Å². The molecule has 2 amide bonds. The molecule has 1 aliphatic heterocycles. The van der Waals surface area contributed by atoms with Crippen LogP contribution in [0.5, 0.6) is 0 Å². The van der Waals surface area contributed by atoms with Gasteiger partial charge in [-0.05, 0) is 36.1 Å². The molecule has 1 N–H and O–H groups in total. The van der Waals surface area contributed by atoms with Crippen molar-refractivity contribution in [2.45, 2.75) is 31.7 Å². The first-order valence-electron chi connectivity index (χ1n) is 8.98. The van der Waals surface area contributed by atoms with E-state index < -0.39 is 6.04 Å². The number of hydrogen-bond acceptors (Lipinski definition) is 2. The Morgan fingerprint density at radius 2 is 1.62 bits per heavy atom. The third kappa shape index (κ3) is 4.91. The number of halogens is 1. The van der Waals surface area contributed by atoms with E-state index >= 15 is 0 Å². The molecule has 1 aliphatic rings. The van der Waals surface area contributed by atoms with Gasteiger partial charge in [0, 0.05) is 19.5 Å². The van der Waals surface area contributed by atoms with Crippen LogP contribution in [0.1, 0.15) is 24.0 Å². The zero-order valence-corrected chi connectivity index (χ0v) is 14.7. The first kappa shape index (κ1) is 18.1. The second-order valence-corrected chi connectivity index (χ2v) is 6.65. The van der Waals surface area contributed by atoms with Crippen LogP contribution < -0.4 is 5.32 Å². The molecular weight excluding hydrogens is 331 g/mol. The fourth-order valence-corrected chi connectivity index (χ4v) is 3.24. The van der Waals surface area contributed by atoms with Gasteiger partial charge in [0.05, 0.1) is 6.42 Å². The monoisotopic (exact) mass is 354 g/mol. The van der Waals surface area contributed by atoms with Crippen LogP contribution in [-0.2, 0) is 22.4 Å². The molecule has 1 saturated heterocycles. The molecule has 4 nitrogen and oxygen atoms in total. The first-order chi connectivity index (χ1) is 12.6. The molecule has 0 spiro atoms. The Balaban J connectivity index is 1.68. The van der Waals surface area contributed by atoms with Crippen LogP contribution in [0.25, 0.3) is 0 Å². The summed E-state index contributed by atoms with van der Waals surface area (Å²) in [7, 11) is 0. The number of hydrogen-bond donors (Lipinski definition) is 1. The van der Waals surface area contributed by atoms with E-state index in [-0.39, 0.29) is 24.1 Å². The Labute approximate surface area is 153 Å². The normalized spacial score (nSPS) is 14.9. The summed E-state index contributed by atoms with van der Waals surface area (Å²) in [6.45, 7) is 1.50. The summed E-state index contributed by atoms with van der Waals surface area (Å²) in [6, 6.07) is 14.9. The number of carbonyl (C=O) groups excluding carboxylic acids is 2. The van der Waals surface area contributed by atoms with E-state index in [0.717, 1.165) is 37.1 Å². The average molecular weight is 354 g/mol. The second kappa shape index (κ2) is 8.61. The van der Waals surface area contributed by atoms with Crippen molar-refractivity contribution >= 4 is 11.8 Å². The Bertz CT molecular complexity index is 740. The highest BCUT2D eigenvalue weighted by Gasteiger charge is 2.27. The van der Waals surface area contributed by atoms with E-state index in [1.54, 1.807) is 12.1 Å². The molecule has 0 aromatic heterocycles. The molecule has 1 heterocycles. The molecule has 0 unspecified atom stereocenters. The number of likely N-dealkylation sites (tertiary alicyclic amines) is 1. The van der Waals surface area contributed by atoms with Crippen LogP contribution in [0.3, 0.4) is 0 Å². The molecule has 136 valence electrons. The fraction of sp³-hybridized carbons (Fsp3) is 0.333. The minimum Gasteiger partial charge on any atom is -0.344 e. The molecule has 3 rings (SSSR count). The zero-order valence-electron chi connectivity index (χ0n) is 14.7. The van der Waals surface area contributed by atoms with Crippen molar-refractivity contribution in [1.82, 2.24) is 10.2 Å². The maximum Gasteiger partial charge on any atom is 0.245 e. The van der Waals surface area contributed by atoms with Crippen molar-refractivity contribution < 1.29 is 14.0 Å². The van der Waals surface area contributed by atoms with Gasteiger partial charge >= 0.3 is 0 Å². The van der Waals surface area contributed by atoms with Crippen molar-refractivity contribution in [3.05, 3.63) is 71.5 Å². The van der Waals surface area contributed by atoms with E-state index in [1.807, 2.05) is 35.2 Å². The van der Waals surface area contributed by atoms with E-state index in [0.29, 0.717) is 6.42 Å². The van der Waals surface area contributed by atoms with Crippen LogP contribution in [0.4, 0.5) is 4.39 Å². The Kier molecular flexibility index (Phi) is 6.00. The van der Waals surface area contributed by atoms with Crippen LogP contribution in [0.2, 0.25) is 0 Å². The van der Waals surface area contributed by atoms with Gasteiger partial charge in [-0.1, -0.05) is 42.5 Å². The van der Waals surface area contributed by atoms with Crippen molar-refractivity contribution in [2.75, 3.05) is 13.1 Å². The maximum absolute atomic E-state index is 13.0. The molecule has 1 fully saturated rings. The van der Waals surface area contributed by atoms with Gasteiger partial charge in [0.25, 0.3) is 0 Å². The third-order valence-corrected chi connectivity index (χ3v) is 4.61. The first-order valence-corrected chi connectivity index (χ1v) is 8.98. The molecule has 2 aromatic carbocycles. The predicted molar refractivity (Wildman–Crippen MR) is 98.0 cm³/mol. The Hall–Kier alpha value is -2.69. The zero-order chi connectivity index (χ0) is 18.4. The van der Waals surface area contributed by atoms with Gasteiger partial charge in [-0.15, -0.1) is 0 Å². The average Bonchev–Trinajstić information content (AvgIpc) is 3.18. The quantitative estimate of drug-likeness (QED) is 0.867. The summed E-state index contributed by atoms with van der Waals surface area (Å²) in [5.74, 6) is -0.593. The number of amides is 2. The lowest BCUT2D eigenvalue weighted by atomic mass is 10.0. The smallest absolute Gasteiger partial charge is 0.245 e. The standard InChI is InChI=1S/C21H23FN2O2/c22-18-10-8-17(9-11-18)15-20(25)23-19(14-16-6-2-1-3-7-16)21(26)24-12-4-5-13-24/h1-3,6-11,19H,4-5,12-15H2,(H,23,25)/t19-/m0/s1. The van der Waals surface area contributed by atoms with E-state index in [4.69, 9.17) is 0 Å². The molecule has 26 heavy (non-hydrogen) atoms. The molecule has 0 bridgehead atoms. The summed E-state index contributed by atoms with van der Waals surface area (Å²) >= 11 is 0. The van der Waals surface area contributed by atoms with Crippen molar-refractivity contribution in [1.29, 1.82) is 0 Å². The van der Waals surface area contributed by atoms with Crippen molar-refractivity contribution in [2.24, 2.45) is 0 Å². The van der Waals surface area contributed by atoms with E-state index in [2.05, 4.69) is 5.32 Å². The molecule has 0 aliphatic carbocycles. The number of nitrogens with zero attached hydrogens (tertiary/aromatic N) is 1. The highest BCUT2D eigenvalue weighted by molar-refractivity contribution is 5.88.